The predicted molar refractivity (Wildman–Crippen MR) is 133 cm³/mol. The summed E-state index contributed by atoms with van der Waals surface area (Å²) < 4.78 is 12.8. The molecule has 1 aliphatic heterocycles. The van der Waals surface area contributed by atoms with Crippen LogP contribution in [0.25, 0.3) is 11.0 Å². The number of hydrogen-bond acceptors (Lipinski definition) is 10. The van der Waals surface area contributed by atoms with E-state index in [2.05, 4.69) is 38.7 Å². The van der Waals surface area contributed by atoms with Crippen LogP contribution in [-0.2, 0) is 17.8 Å². The number of aliphatic hydroxyl groups is 2. The van der Waals surface area contributed by atoms with Crippen LogP contribution in [0.15, 0.2) is 24.4 Å². The molecule has 0 bridgehead atoms. The molecular weight excluding hydrogens is 450 g/mol. The smallest absolute Gasteiger partial charge is 0.222 e. The third kappa shape index (κ3) is 5.99. The van der Waals surface area contributed by atoms with Gasteiger partial charge in [-0.05, 0) is 30.5 Å². The molecule has 4 rings (SSSR count). The van der Waals surface area contributed by atoms with E-state index in [1.807, 2.05) is 16.8 Å². The Hall–Kier alpha value is -2.99. The van der Waals surface area contributed by atoms with Crippen molar-refractivity contribution in [1.29, 1.82) is 0 Å². The lowest BCUT2D eigenvalue weighted by atomic mass is 10.1. The van der Waals surface area contributed by atoms with E-state index in [4.69, 9.17) is 15.2 Å². The average molecular weight is 486 g/mol. The van der Waals surface area contributed by atoms with Gasteiger partial charge >= 0.3 is 0 Å². The average Bonchev–Trinajstić information content (AvgIpc) is 3.43. The molecule has 3 atom stereocenters. The first kappa shape index (κ1) is 25.1. The van der Waals surface area contributed by atoms with Crippen molar-refractivity contribution in [2.75, 3.05) is 38.0 Å². The highest BCUT2D eigenvalue weighted by Gasteiger charge is 2.25. The molecule has 0 saturated carbocycles. The maximum absolute atomic E-state index is 9.99. The fourth-order valence-electron chi connectivity index (χ4n) is 4.44. The molecule has 11 heteroatoms. The first-order chi connectivity index (χ1) is 17.0. The van der Waals surface area contributed by atoms with Crippen LogP contribution in [0, 0.1) is 0 Å². The number of nitrogen functional groups attached to an aromatic ring is 1. The highest BCUT2D eigenvalue weighted by molar-refractivity contribution is 5.86. The maximum atomic E-state index is 9.99. The topological polar surface area (TPSA) is 153 Å². The highest BCUT2D eigenvalue weighted by Crippen LogP contribution is 2.27. The first-order valence-corrected chi connectivity index (χ1v) is 12.0. The summed E-state index contributed by atoms with van der Waals surface area (Å²) in [6.07, 6.45) is 3.66. The minimum Gasteiger partial charge on any atom is -0.496 e. The fourth-order valence-corrected chi connectivity index (χ4v) is 4.44. The van der Waals surface area contributed by atoms with E-state index in [-0.39, 0.29) is 24.6 Å². The molecule has 0 amide bonds. The van der Waals surface area contributed by atoms with E-state index >= 15 is 0 Å². The van der Waals surface area contributed by atoms with Crippen LogP contribution < -0.4 is 21.1 Å². The van der Waals surface area contributed by atoms with Crippen molar-refractivity contribution in [3.8, 4) is 5.75 Å². The van der Waals surface area contributed by atoms with Gasteiger partial charge in [0.2, 0.25) is 5.95 Å². The number of aromatic nitrogens is 4. The number of hydrogen-bond donors (Lipinski definition) is 5. The number of nitrogens with zero attached hydrogens (tertiary/aromatic N) is 4. The van der Waals surface area contributed by atoms with Crippen LogP contribution in [-0.4, -0.2) is 75.1 Å². The van der Waals surface area contributed by atoms with Gasteiger partial charge in [0, 0.05) is 24.8 Å². The molecule has 3 heterocycles. The van der Waals surface area contributed by atoms with Crippen molar-refractivity contribution in [1.82, 2.24) is 25.1 Å². The zero-order valence-electron chi connectivity index (χ0n) is 20.3. The van der Waals surface area contributed by atoms with E-state index in [9.17, 15) is 10.2 Å². The van der Waals surface area contributed by atoms with E-state index in [0.717, 1.165) is 35.2 Å². The molecule has 0 aliphatic carbocycles. The second-order valence-corrected chi connectivity index (χ2v) is 8.85. The Labute approximate surface area is 204 Å². The highest BCUT2D eigenvalue weighted by atomic mass is 16.5. The van der Waals surface area contributed by atoms with Gasteiger partial charge in [-0.3, -0.25) is 4.68 Å². The second kappa shape index (κ2) is 11.6. The summed E-state index contributed by atoms with van der Waals surface area (Å²) in [5, 5.41) is 30.8. The molecule has 35 heavy (non-hydrogen) atoms. The second-order valence-electron chi connectivity index (χ2n) is 8.85. The number of aliphatic hydroxyl groups excluding tert-OH is 2. The number of rotatable bonds is 12. The van der Waals surface area contributed by atoms with Crippen molar-refractivity contribution < 1.29 is 19.7 Å². The molecule has 1 aromatic carbocycles. The number of ether oxygens (including phenoxy) is 2. The minimum absolute atomic E-state index is 0.0599. The zero-order chi connectivity index (χ0) is 24.8. The van der Waals surface area contributed by atoms with Gasteiger partial charge in [-0.1, -0.05) is 19.4 Å². The normalized spacial score (nSPS) is 18.7. The molecule has 3 aromatic rings. The fraction of sp³-hybridized carbons (Fsp3) is 0.542. The molecule has 0 radical (unpaired) electrons. The van der Waals surface area contributed by atoms with Crippen LogP contribution in [0.3, 0.4) is 0 Å². The number of methoxy groups -OCH3 is 1. The third-order valence-corrected chi connectivity index (χ3v) is 6.25. The molecule has 190 valence electrons. The standard InChI is InChI=1S/C24H35N7O4/c1-3-4-17(7-8-32)28-23-22-18(29-24(25)30-23)11-27-31(22)12-16-9-15(5-6-21(16)34-2)10-26-19-13-35-14-20(19)33/h5-6,9,11,17,19-20,26,32-33H,3-4,7-8,10,12-14H2,1-2H3,(H3,25,28,29,30)/t17-,19-,20-/m0/s1. The maximum Gasteiger partial charge on any atom is 0.222 e. The lowest BCUT2D eigenvalue weighted by molar-refractivity contribution is 0.122. The first-order valence-electron chi connectivity index (χ1n) is 12.0. The Balaban J connectivity index is 1.61. The molecule has 0 spiro atoms. The number of benzene rings is 1. The zero-order valence-corrected chi connectivity index (χ0v) is 20.3. The molecule has 1 aliphatic rings. The van der Waals surface area contributed by atoms with Gasteiger partial charge in [0.25, 0.3) is 0 Å². The molecular formula is C24H35N7O4. The Kier molecular flexibility index (Phi) is 8.34. The van der Waals surface area contributed by atoms with Crippen LogP contribution in [0.1, 0.15) is 37.3 Å². The minimum atomic E-state index is -0.496. The molecule has 11 nitrogen and oxygen atoms in total. The summed E-state index contributed by atoms with van der Waals surface area (Å²) in [6.45, 7) is 4.08. The Morgan fingerprint density at radius 1 is 1.29 bits per heavy atom. The van der Waals surface area contributed by atoms with Crippen LogP contribution in [0.4, 0.5) is 11.8 Å². The summed E-state index contributed by atoms with van der Waals surface area (Å²) in [7, 11) is 1.64. The molecule has 0 unspecified atom stereocenters. The van der Waals surface area contributed by atoms with Crippen LogP contribution in [0.5, 0.6) is 5.75 Å². The lowest BCUT2D eigenvalue weighted by Gasteiger charge is -2.19. The van der Waals surface area contributed by atoms with E-state index in [1.54, 1.807) is 13.3 Å². The van der Waals surface area contributed by atoms with Gasteiger partial charge in [-0.25, -0.2) is 4.98 Å². The van der Waals surface area contributed by atoms with Gasteiger partial charge < -0.3 is 36.1 Å². The monoisotopic (exact) mass is 485 g/mol. The largest absolute Gasteiger partial charge is 0.496 e. The molecule has 1 saturated heterocycles. The molecule has 2 aromatic heterocycles. The van der Waals surface area contributed by atoms with Crippen molar-refractivity contribution in [3.05, 3.63) is 35.5 Å². The van der Waals surface area contributed by atoms with E-state index in [1.165, 1.54) is 0 Å². The van der Waals surface area contributed by atoms with Crippen molar-refractivity contribution in [2.45, 2.75) is 57.5 Å². The number of anilines is 2. The van der Waals surface area contributed by atoms with Crippen molar-refractivity contribution in [3.63, 3.8) is 0 Å². The third-order valence-electron chi connectivity index (χ3n) is 6.25. The van der Waals surface area contributed by atoms with Crippen molar-refractivity contribution in [2.24, 2.45) is 0 Å². The summed E-state index contributed by atoms with van der Waals surface area (Å²) >= 11 is 0. The van der Waals surface area contributed by atoms with Gasteiger partial charge in [0.1, 0.15) is 16.8 Å². The van der Waals surface area contributed by atoms with Gasteiger partial charge in [0.05, 0.1) is 45.2 Å². The Morgan fingerprint density at radius 3 is 2.86 bits per heavy atom. The van der Waals surface area contributed by atoms with Gasteiger partial charge in [0.15, 0.2) is 5.82 Å². The van der Waals surface area contributed by atoms with Crippen molar-refractivity contribution >= 4 is 22.8 Å². The summed E-state index contributed by atoms with van der Waals surface area (Å²) in [6, 6.07) is 5.98. The van der Waals surface area contributed by atoms with Crippen LogP contribution >= 0.6 is 0 Å². The molecule has 1 fully saturated rings. The summed E-state index contributed by atoms with van der Waals surface area (Å²) in [5.74, 6) is 1.52. The lowest BCUT2D eigenvalue weighted by Crippen LogP contribution is -2.38. The summed E-state index contributed by atoms with van der Waals surface area (Å²) in [5.41, 5.74) is 9.36. The number of nitrogens with one attached hydrogen (secondary N) is 2. The Bertz CT molecular complexity index is 1120. The van der Waals surface area contributed by atoms with Gasteiger partial charge in [-0.15, -0.1) is 0 Å². The molecule has 6 N–H and O–H groups in total. The summed E-state index contributed by atoms with van der Waals surface area (Å²) in [4.78, 5) is 8.81. The number of nitrogens with two attached hydrogens (primary N) is 1. The SMILES string of the molecule is CCC[C@@H](CCO)Nc1nc(N)nc2cnn(Cc3cc(CN[C@H]4COC[C@@H]4O)ccc3OC)c12. The number of fused-ring (bicyclic) bond motifs is 1. The quantitative estimate of drug-likeness (QED) is 0.254. The van der Waals surface area contributed by atoms with E-state index in [0.29, 0.717) is 44.1 Å². The predicted octanol–water partition coefficient (Wildman–Crippen LogP) is 1.28. The van der Waals surface area contributed by atoms with E-state index < -0.39 is 6.10 Å². The van der Waals surface area contributed by atoms with Crippen LogP contribution in [0.2, 0.25) is 0 Å². The van der Waals surface area contributed by atoms with Gasteiger partial charge in [-0.2, -0.15) is 10.1 Å². The Morgan fingerprint density at radius 2 is 2.14 bits per heavy atom.